The van der Waals surface area contributed by atoms with Gasteiger partial charge in [-0.1, -0.05) is 35.7 Å². The summed E-state index contributed by atoms with van der Waals surface area (Å²) < 4.78 is 27.3. The average Bonchev–Trinajstić information content (AvgIpc) is 3.51. The van der Waals surface area contributed by atoms with Crippen LogP contribution in [-0.4, -0.2) is 86.5 Å². The van der Waals surface area contributed by atoms with Gasteiger partial charge in [-0.15, -0.1) is 5.10 Å². The third kappa shape index (κ3) is 6.03. The molecule has 3 N–H and O–H groups in total. The third-order valence-electron chi connectivity index (χ3n) is 8.14. The lowest BCUT2D eigenvalue weighted by atomic mass is 9.88. The van der Waals surface area contributed by atoms with Crippen molar-refractivity contribution in [3.05, 3.63) is 64.6 Å². The summed E-state index contributed by atoms with van der Waals surface area (Å²) in [6, 6.07) is 10.4. The Hall–Kier alpha value is -3.95. The Morgan fingerprint density at radius 3 is 2.64 bits per heavy atom. The van der Waals surface area contributed by atoms with Crippen LogP contribution in [0.2, 0.25) is 5.02 Å². The molecule has 2 aromatic carbocycles. The Morgan fingerprint density at radius 1 is 1.20 bits per heavy atom. The molecule has 7 atom stereocenters. The normalized spacial score (nSPS) is 26.9. The van der Waals surface area contributed by atoms with Crippen molar-refractivity contribution in [3.63, 3.8) is 0 Å². The predicted octanol–water partition coefficient (Wildman–Crippen LogP) is 2.49. The van der Waals surface area contributed by atoms with Gasteiger partial charge in [-0.3, -0.25) is 4.79 Å². The maximum absolute atomic E-state index is 14.5. The number of carbonyl (C=O) groups excluding carboxylic acids is 1. The first kappa shape index (κ1) is 31.5. The molecule has 0 spiro atoms. The third-order valence-corrected chi connectivity index (χ3v) is 8.35. The van der Waals surface area contributed by atoms with Crippen LogP contribution in [0.15, 0.2) is 42.6 Å². The van der Waals surface area contributed by atoms with E-state index in [-0.39, 0.29) is 27.5 Å². The topological polar surface area (TPSA) is 178 Å². The first-order valence-corrected chi connectivity index (χ1v) is 14.4. The molecule has 1 aliphatic carbocycles. The summed E-state index contributed by atoms with van der Waals surface area (Å²) in [4.78, 5) is 15.9. The molecule has 12 nitrogen and oxygen atoms in total. The molecule has 230 valence electrons. The molecule has 2 fully saturated rings. The molecule has 1 saturated heterocycles. The van der Waals surface area contributed by atoms with E-state index in [0.29, 0.717) is 18.4 Å². The second-order valence-corrected chi connectivity index (χ2v) is 11.2. The van der Waals surface area contributed by atoms with E-state index in [2.05, 4.69) is 10.3 Å². The number of methoxy groups -OCH3 is 1. The molecule has 1 amide bonds. The van der Waals surface area contributed by atoms with Gasteiger partial charge in [0.25, 0.3) is 5.91 Å². The number of nitriles is 2. The maximum Gasteiger partial charge on any atom is 0.259 e. The number of hydrogen-bond donors (Lipinski definition) is 3. The lowest BCUT2D eigenvalue weighted by molar-refractivity contribution is -0.211. The number of aromatic nitrogens is 3. The molecule has 2 heterocycles. The highest BCUT2D eigenvalue weighted by molar-refractivity contribution is 6.31. The van der Waals surface area contributed by atoms with Crippen LogP contribution in [0, 0.1) is 28.5 Å². The zero-order chi connectivity index (χ0) is 31.5. The van der Waals surface area contributed by atoms with E-state index >= 15 is 0 Å². The lowest BCUT2D eigenvalue weighted by Gasteiger charge is -2.46. The van der Waals surface area contributed by atoms with Crippen molar-refractivity contribution in [3.8, 4) is 23.4 Å². The van der Waals surface area contributed by atoms with Crippen LogP contribution in [-0.2, 0) is 14.3 Å². The van der Waals surface area contributed by atoms with Crippen molar-refractivity contribution in [1.29, 1.82) is 10.5 Å². The first-order valence-electron chi connectivity index (χ1n) is 14.0. The van der Waals surface area contributed by atoms with Gasteiger partial charge in [0.15, 0.2) is 6.10 Å². The summed E-state index contributed by atoms with van der Waals surface area (Å²) in [5.74, 6) is -1.38. The van der Waals surface area contributed by atoms with Crippen LogP contribution in [0.4, 0.5) is 10.1 Å². The highest BCUT2D eigenvalue weighted by atomic mass is 35.5. The van der Waals surface area contributed by atoms with Crippen LogP contribution in [0.1, 0.15) is 42.9 Å². The quantitative estimate of drug-likeness (QED) is 0.354. The highest BCUT2D eigenvalue weighted by Gasteiger charge is 2.52. The van der Waals surface area contributed by atoms with Gasteiger partial charge >= 0.3 is 0 Å². The number of rotatable bonds is 7. The fourth-order valence-electron chi connectivity index (χ4n) is 5.97. The Labute approximate surface area is 257 Å². The van der Waals surface area contributed by atoms with Gasteiger partial charge in [0, 0.05) is 23.4 Å². The number of anilines is 1. The number of aliphatic hydroxyl groups is 3. The molecule has 0 bridgehead atoms. The summed E-state index contributed by atoms with van der Waals surface area (Å²) in [6.07, 6.45) is -2.24. The van der Waals surface area contributed by atoms with E-state index in [1.165, 1.54) is 53.2 Å². The van der Waals surface area contributed by atoms with E-state index in [1.54, 1.807) is 6.07 Å². The first-order chi connectivity index (χ1) is 21.2. The van der Waals surface area contributed by atoms with E-state index in [4.69, 9.17) is 26.3 Å². The maximum atomic E-state index is 14.5. The highest BCUT2D eigenvalue weighted by Crippen LogP contribution is 2.37. The molecule has 1 aliphatic heterocycles. The summed E-state index contributed by atoms with van der Waals surface area (Å²) in [6.45, 7) is -0.651. The van der Waals surface area contributed by atoms with Crippen LogP contribution in [0.5, 0.6) is 0 Å². The van der Waals surface area contributed by atoms with E-state index in [9.17, 15) is 29.8 Å². The van der Waals surface area contributed by atoms with Gasteiger partial charge in [-0.2, -0.15) is 10.5 Å². The minimum atomic E-state index is -1.41. The molecule has 44 heavy (non-hydrogen) atoms. The Bertz CT molecular complexity index is 1610. The van der Waals surface area contributed by atoms with E-state index < -0.39 is 60.9 Å². The van der Waals surface area contributed by atoms with Gasteiger partial charge < -0.3 is 29.7 Å². The standard InChI is InChI=1S/C30H30ClFN6O6/c1-43-28-26(37-14-22(35-36-37)17-6-7-18(13-34)21(32)10-17)27(41)25(15-39)44-29(28)30(42)38(23-4-2-3-5-24(23)40)20-9-16(12-33)8-19(31)11-20/h6-11,14,23-29,39-41H,2-5,15H2,1H3/t23-,24-,25+,26-,27-,28+,29+/m0/s1. The number of aliphatic hydroxyl groups excluding tert-OH is 3. The largest absolute Gasteiger partial charge is 0.394 e. The number of hydrogen-bond acceptors (Lipinski definition) is 10. The summed E-state index contributed by atoms with van der Waals surface area (Å²) in [5, 5.41) is 59.4. The molecular weight excluding hydrogens is 595 g/mol. The van der Waals surface area contributed by atoms with Crippen LogP contribution < -0.4 is 4.90 Å². The fraction of sp³-hybridized carbons (Fsp3) is 0.433. The van der Waals surface area contributed by atoms with Crippen molar-refractivity contribution in [2.24, 2.45) is 0 Å². The number of amides is 1. The molecule has 14 heteroatoms. The second kappa shape index (κ2) is 13.4. The van der Waals surface area contributed by atoms with Gasteiger partial charge in [-0.25, -0.2) is 9.07 Å². The number of ether oxygens (including phenoxy) is 2. The van der Waals surface area contributed by atoms with E-state index in [0.717, 1.165) is 18.9 Å². The van der Waals surface area contributed by atoms with Gasteiger partial charge in [0.1, 0.15) is 41.9 Å². The Kier molecular flexibility index (Phi) is 9.56. The number of halogens is 2. The van der Waals surface area contributed by atoms with Crippen LogP contribution in [0.3, 0.4) is 0 Å². The molecule has 3 aromatic rings. The minimum absolute atomic E-state index is 0.137. The zero-order valence-electron chi connectivity index (χ0n) is 23.6. The van der Waals surface area contributed by atoms with Crippen LogP contribution in [0.25, 0.3) is 11.3 Å². The summed E-state index contributed by atoms with van der Waals surface area (Å²) in [7, 11) is 1.33. The van der Waals surface area contributed by atoms with Gasteiger partial charge in [-0.05, 0) is 43.2 Å². The summed E-state index contributed by atoms with van der Waals surface area (Å²) in [5.41, 5.74) is 0.889. The number of carbonyl (C=O) groups is 1. The van der Waals surface area contributed by atoms with Crippen molar-refractivity contribution in [1.82, 2.24) is 15.0 Å². The number of benzene rings is 2. The molecule has 0 radical (unpaired) electrons. The lowest BCUT2D eigenvalue weighted by Crippen LogP contribution is -2.63. The smallest absolute Gasteiger partial charge is 0.259 e. The Morgan fingerprint density at radius 2 is 1.98 bits per heavy atom. The predicted molar refractivity (Wildman–Crippen MR) is 154 cm³/mol. The molecular formula is C30H30ClFN6O6. The molecule has 1 aromatic heterocycles. The fourth-order valence-corrected chi connectivity index (χ4v) is 6.20. The van der Waals surface area contributed by atoms with Gasteiger partial charge in [0.2, 0.25) is 0 Å². The van der Waals surface area contributed by atoms with Crippen molar-refractivity contribution in [2.45, 2.75) is 68.3 Å². The number of nitrogens with zero attached hydrogens (tertiary/aromatic N) is 6. The molecule has 2 aliphatic rings. The molecule has 5 rings (SSSR count). The van der Waals surface area contributed by atoms with Crippen molar-refractivity contribution < 1.29 is 34.0 Å². The minimum Gasteiger partial charge on any atom is -0.394 e. The molecule has 0 unspecified atom stereocenters. The van der Waals surface area contributed by atoms with Crippen molar-refractivity contribution >= 4 is 23.2 Å². The monoisotopic (exact) mass is 624 g/mol. The SMILES string of the molecule is CO[C@@H]1[C@@H](n2cc(-c3ccc(C#N)c(F)c3)nn2)[C@@H](O)[C@@H](CO)O[C@H]1C(=O)N(c1cc(Cl)cc(C#N)c1)[C@H]1CCCC[C@@H]1O. The second-order valence-electron chi connectivity index (χ2n) is 10.8. The Balaban J connectivity index is 1.55. The van der Waals surface area contributed by atoms with Crippen LogP contribution >= 0.6 is 11.6 Å². The zero-order valence-corrected chi connectivity index (χ0v) is 24.4. The molecule has 1 saturated carbocycles. The van der Waals surface area contributed by atoms with Gasteiger partial charge in [0.05, 0.1) is 42.1 Å². The average molecular weight is 625 g/mol. The summed E-state index contributed by atoms with van der Waals surface area (Å²) >= 11 is 6.31. The van der Waals surface area contributed by atoms with Crippen molar-refractivity contribution in [2.75, 3.05) is 18.6 Å². The van der Waals surface area contributed by atoms with E-state index in [1.807, 2.05) is 6.07 Å².